The van der Waals surface area contributed by atoms with Crippen molar-refractivity contribution in [2.75, 3.05) is 5.75 Å². The van der Waals surface area contributed by atoms with Gasteiger partial charge in [0.1, 0.15) is 18.1 Å². The van der Waals surface area contributed by atoms with Crippen LogP contribution in [0.1, 0.15) is 26.2 Å². The molecule has 0 bridgehead atoms. The van der Waals surface area contributed by atoms with Crippen LogP contribution in [0.4, 0.5) is 0 Å². The summed E-state index contributed by atoms with van der Waals surface area (Å²) in [7, 11) is 0. The zero-order chi connectivity index (χ0) is 22.7. The molecule has 0 aliphatic heterocycles. The molecule has 4 atom stereocenters. The molecule has 29 heavy (non-hydrogen) atoms. The Kier molecular flexibility index (Phi) is 11.3. The quantitative estimate of drug-likeness (QED) is 0.134. The van der Waals surface area contributed by atoms with Crippen LogP contribution in [-0.4, -0.2) is 75.7 Å². The van der Waals surface area contributed by atoms with Crippen molar-refractivity contribution in [3.05, 3.63) is 0 Å². The van der Waals surface area contributed by atoms with E-state index in [1.807, 2.05) is 5.32 Å². The molecule has 0 saturated carbocycles. The summed E-state index contributed by atoms with van der Waals surface area (Å²) < 4.78 is 0. The van der Waals surface area contributed by atoms with E-state index in [-0.39, 0.29) is 18.6 Å². The molecule has 0 aliphatic carbocycles. The summed E-state index contributed by atoms with van der Waals surface area (Å²) in [5.74, 6) is -6.35. The third-order valence-corrected chi connectivity index (χ3v) is 3.98. The lowest BCUT2D eigenvalue weighted by atomic mass is 10.1. The van der Waals surface area contributed by atoms with Crippen LogP contribution in [0.15, 0.2) is 0 Å². The number of amides is 4. The van der Waals surface area contributed by atoms with E-state index in [2.05, 4.69) is 23.3 Å². The number of nitrogens with two attached hydrogens (primary N) is 2. The number of hydrogen-bond acceptors (Lipinski definition) is 8. The number of thiol groups is 1. The van der Waals surface area contributed by atoms with Gasteiger partial charge in [0, 0.05) is 12.2 Å². The SMILES string of the molecule is CC(NC(=O)C(N)CS)C(=O)NC(CC(=O)O)C(=O)NC(CCC(N)=O)C(=O)O. The van der Waals surface area contributed by atoms with Crippen LogP contribution in [0.2, 0.25) is 0 Å². The maximum atomic E-state index is 12.3. The van der Waals surface area contributed by atoms with Crippen molar-refractivity contribution in [3.63, 3.8) is 0 Å². The summed E-state index contributed by atoms with van der Waals surface area (Å²) in [4.78, 5) is 69.2. The number of carboxylic acid groups (broad SMARTS) is 2. The summed E-state index contributed by atoms with van der Waals surface area (Å²) in [6.45, 7) is 1.28. The van der Waals surface area contributed by atoms with Crippen LogP contribution in [0.25, 0.3) is 0 Å². The van der Waals surface area contributed by atoms with E-state index < -0.39 is 66.2 Å². The summed E-state index contributed by atoms with van der Waals surface area (Å²) in [5.41, 5.74) is 10.4. The zero-order valence-corrected chi connectivity index (χ0v) is 16.5. The van der Waals surface area contributed by atoms with E-state index in [0.717, 1.165) is 0 Å². The second-order valence-corrected chi connectivity index (χ2v) is 6.45. The fourth-order valence-corrected chi connectivity index (χ4v) is 2.13. The molecule has 4 unspecified atom stereocenters. The maximum absolute atomic E-state index is 12.3. The van der Waals surface area contributed by atoms with Crippen molar-refractivity contribution in [1.82, 2.24) is 16.0 Å². The Morgan fingerprint density at radius 3 is 1.93 bits per heavy atom. The first-order valence-electron chi connectivity index (χ1n) is 8.39. The number of carboxylic acids is 2. The highest BCUT2D eigenvalue weighted by molar-refractivity contribution is 7.80. The Bertz CT molecular complexity index is 659. The lowest BCUT2D eigenvalue weighted by Crippen LogP contribution is -2.57. The van der Waals surface area contributed by atoms with Gasteiger partial charge in [-0.15, -0.1) is 0 Å². The molecule has 0 spiro atoms. The number of carbonyl (C=O) groups excluding carboxylic acids is 4. The first-order chi connectivity index (χ1) is 13.4. The Labute approximate surface area is 171 Å². The summed E-state index contributed by atoms with van der Waals surface area (Å²) >= 11 is 3.85. The van der Waals surface area contributed by atoms with Gasteiger partial charge >= 0.3 is 11.9 Å². The van der Waals surface area contributed by atoms with Gasteiger partial charge in [-0.3, -0.25) is 24.0 Å². The molecule has 0 aromatic rings. The molecule has 0 radical (unpaired) electrons. The fraction of sp³-hybridized carbons (Fsp3) is 0.600. The molecule has 0 aromatic heterocycles. The topological polar surface area (TPSA) is 231 Å². The summed E-state index contributed by atoms with van der Waals surface area (Å²) in [6, 6.07) is -5.29. The Morgan fingerprint density at radius 2 is 1.48 bits per heavy atom. The second-order valence-electron chi connectivity index (χ2n) is 6.08. The van der Waals surface area contributed by atoms with E-state index in [0.29, 0.717) is 0 Å². The normalized spacial score (nSPS) is 14.6. The van der Waals surface area contributed by atoms with Crippen LogP contribution in [-0.2, 0) is 28.8 Å². The number of rotatable bonds is 13. The molecule has 0 saturated heterocycles. The lowest BCUT2D eigenvalue weighted by molar-refractivity contribution is -0.143. The number of primary amides is 1. The van der Waals surface area contributed by atoms with E-state index in [9.17, 15) is 28.8 Å². The molecular weight excluding hydrogens is 410 g/mol. The first kappa shape index (κ1) is 26.1. The molecule has 0 fully saturated rings. The van der Waals surface area contributed by atoms with Gasteiger partial charge in [0.15, 0.2) is 0 Å². The van der Waals surface area contributed by atoms with Gasteiger partial charge < -0.3 is 37.6 Å². The number of carbonyl (C=O) groups is 6. The monoisotopic (exact) mass is 435 g/mol. The van der Waals surface area contributed by atoms with Crippen molar-refractivity contribution in [2.24, 2.45) is 11.5 Å². The highest BCUT2D eigenvalue weighted by atomic mass is 32.1. The minimum absolute atomic E-state index is 0.0199. The van der Waals surface area contributed by atoms with E-state index in [1.54, 1.807) is 0 Å². The van der Waals surface area contributed by atoms with Gasteiger partial charge in [-0.2, -0.15) is 12.6 Å². The predicted octanol–water partition coefficient (Wildman–Crippen LogP) is -3.46. The molecule has 0 aromatic carbocycles. The van der Waals surface area contributed by atoms with Gasteiger partial charge in [-0.1, -0.05) is 0 Å². The van der Waals surface area contributed by atoms with Gasteiger partial charge in [0.05, 0.1) is 12.5 Å². The van der Waals surface area contributed by atoms with Crippen molar-refractivity contribution in [3.8, 4) is 0 Å². The van der Waals surface area contributed by atoms with E-state index in [1.165, 1.54) is 6.92 Å². The highest BCUT2D eigenvalue weighted by Crippen LogP contribution is 2.01. The zero-order valence-electron chi connectivity index (χ0n) is 15.6. The van der Waals surface area contributed by atoms with E-state index in [4.69, 9.17) is 21.7 Å². The largest absolute Gasteiger partial charge is 0.481 e. The van der Waals surface area contributed by atoms with Crippen LogP contribution in [0.3, 0.4) is 0 Å². The minimum atomic E-state index is -1.63. The van der Waals surface area contributed by atoms with Crippen molar-refractivity contribution in [2.45, 2.75) is 50.4 Å². The third kappa shape index (κ3) is 10.3. The highest BCUT2D eigenvalue weighted by Gasteiger charge is 2.30. The van der Waals surface area contributed by atoms with Gasteiger partial charge in [0.2, 0.25) is 23.6 Å². The molecular formula is C15H25N5O8S. The number of aliphatic carboxylic acids is 2. The smallest absolute Gasteiger partial charge is 0.326 e. The Balaban J connectivity index is 5.13. The van der Waals surface area contributed by atoms with Crippen LogP contribution >= 0.6 is 12.6 Å². The average molecular weight is 435 g/mol. The average Bonchev–Trinajstić information content (AvgIpc) is 2.62. The Morgan fingerprint density at radius 1 is 0.931 bits per heavy atom. The van der Waals surface area contributed by atoms with Crippen molar-refractivity contribution in [1.29, 1.82) is 0 Å². The van der Waals surface area contributed by atoms with Crippen molar-refractivity contribution < 1.29 is 39.0 Å². The number of hydrogen-bond donors (Lipinski definition) is 8. The van der Waals surface area contributed by atoms with Gasteiger partial charge in [0.25, 0.3) is 0 Å². The molecule has 14 heteroatoms. The summed E-state index contributed by atoms with van der Waals surface area (Å²) in [6.07, 6.45) is -1.50. The fourth-order valence-electron chi connectivity index (χ4n) is 1.97. The molecule has 9 N–H and O–H groups in total. The van der Waals surface area contributed by atoms with Crippen LogP contribution in [0, 0.1) is 0 Å². The molecule has 0 heterocycles. The first-order valence-corrected chi connectivity index (χ1v) is 9.02. The third-order valence-electron chi connectivity index (χ3n) is 3.59. The summed E-state index contributed by atoms with van der Waals surface area (Å²) in [5, 5.41) is 24.5. The standard InChI is InChI=1S/C15H25N5O8S/c1-6(18-13(25)7(16)5-29)12(24)20-9(4-11(22)23)14(26)19-8(15(27)28)2-3-10(17)21/h6-9,29H,2-5,16H2,1H3,(H2,17,21)(H,18,25)(H,19,26)(H,20,24)(H,22,23)(H,27,28). The minimum Gasteiger partial charge on any atom is -0.481 e. The molecule has 4 amide bonds. The second kappa shape index (κ2) is 12.6. The molecule has 13 nitrogen and oxygen atoms in total. The van der Waals surface area contributed by atoms with Crippen molar-refractivity contribution >= 4 is 48.2 Å². The van der Waals surface area contributed by atoms with Crippen LogP contribution in [0.5, 0.6) is 0 Å². The maximum Gasteiger partial charge on any atom is 0.326 e. The van der Waals surface area contributed by atoms with E-state index >= 15 is 0 Å². The molecule has 0 rings (SSSR count). The molecule has 164 valence electrons. The van der Waals surface area contributed by atoms with Crippen LogP contribution < -0.4 is 27.4 Å². The number of nitrogens with one attached hydrogen (secondary N) is 3. The Hall–Kier alpha value is -2.87. The predicted molar refractivity (Wildman–Crippen MR) is 102 cm³/mol. The van der Waals surface area contributed by atoms with Gasteiger partial charge in [-0.05, 0) is 13.3 Å². The lowest BCUT2D eigenvalue weighted by Gasteiger charge is -2.22. The van der Waals surface area contributed by atoms with Gasteiger partial charge in [-0.25, -0.2) is 4.79 Å². The molecule has 0 aliphatic rings.